The molecular weight excluding hydrogens is 284 g/mol. The molecule has 0 saturated carbocycles. The Labute approximate surface area is 130 Å². The summed E-state index contributed by atoms with van der Waals surface area (Å²) in [4.78, 5) is 11.1. The molecule has 0 spiro atoms. The summed E-state index contributed by atoms with van der Waals surface area (Å²) < 4.78 is 0. The number of nitrogens with zero attached hydrogens (tertiary/aromatic N) is 3. The maximum Gasteiger partial charge on any atom is 0.224 e. The third-order valence-electron chi connectivity index (χ3n) is 3.56. The van der Waals surface area contributed by atoms with Crippen LogP contribution in [0.4, 0.5) is 11.8 Å². The van der Waals surface area contributed by atoms with Crippen molar-refractivity contribution in [3.05, 3.63) is 46.6 Å². The standard InChI is InChI=1S/C16H19ClN4/c1-11(2)19-16-18-7-5-15(20-16)21-8-6-12-9-14(17)4-3-13(12)10-21/h3-5,7,9,11H,6,8,10H2,1-2H3,(H,18,19,20). The van der Waals surface area contributed by atoms with Gasteiger partial charge in [0.2, 0.25) is 5.95 Å². The maximum absolute atomic E-state index is 6.06. The van der Waals surface area contributed by atoms with Gasteiger partial charge in [0.25, 0.3) is 0 Å². The zero-order chi connectivity index (χ0) is 14.8. The van der Waals surface area contributed by atoms with Gasteiger partial charge in [-0.15, -0.1) is 0 Å². The van der Waals surface area contributed by atoms with Crippen molar-refractivity contribution in [2.45, 2.75) is 32.9 Å². The first-order valence-electron chi connectivity index (χ1n) is 7.23. The van der Waals surface area contributed by atoms with E-state index in [4.69, 9.17) is 11.6 Å². The number of hydrogen-bond donors (Lipinski definition) is 1. The van der Waals surface area contributed by atoms with Gasteiger partial charge in [0.05, 0.1) is 0 Å². The van der Waals surface area contributed by atoms with Crippen molar-refractivity contribution >= 4 is 23.4 Å². The number of benzene rings is 1. The molecule has 2 heterocycles. The van der Waals surface area contributed by atoms with Crippen LogP contribution in [0.3, 0.4) is 0 Å². The number of rotatable bonds is 3. The molecule has 0 aliphatic carbocycles. The van der Waals surface area contributed by atoms with Crippen LogP contribution < -0.4 is 10.2 Å². The fourth-order valence-corrected chi connectivity index (χ4v) is 2.76. The Morgan fingerprint density at radius 1 is 1.24 bits per heavy atom. The van der Waals surface area contributed by atoms with Gasteiger partial charge in [-0.05, 0) is 49.6 Å². The van der Waals surface area contributed by atoms with E-state index in [0.29, 0.717) is 12.0 Å². The molecule has 0 saturated heterocycles. The third-order valence-corrected chi connectivity index (χ3v) is 3.80. The molecule has 1 N–H and O–H groups in total. The van der Waals surface area contributed by atoms with Crippen LogP contribution in [-0.2, 0) is 13.0 Å². The summed E-state index contributed by atoms with van der Waals surface area (Å²) in [5, 5.41) is 4.06. The Kier molecular flexibility index (Phi) is 3.97. The predicted octanol–water partition coefficient (Wildman–Crippen LogP) is 3.51. The van der Waals surface area contributed by atoms with E-state index in [1.807, 2.05) is 18.3 Å². The SMILES string of the molecule is CC(C)Nc1nccc(N2CCc3cc(Cl)ccc3C2)n1. The minimum Gasteiger partial charge on any atom is -0.352 e. The van der Waals surface area contributed by atoms with Gasteiger partial charge in [-0.2, -0.15) is 4.98 Å². The van der Waals surface area contributed by atoms with Crippen LogP contribution in [0.5, 0.6) is 0 Å². The molecule has 0 fully saturated rings. The average Bonchev–Trinajstić information content (AvgIpc) is 2.46. The van der Waals surface area contributed by atoms with E-state index in [1.165, 1.54) is 11.1 Å². The van der Waals surface area contributed by atoms with Crippen LogP contribution in [0.1, 0.15) is 25.0 Å². The maximum atomic E-state index is 6.06. The number of nitrogens with one attached hydrogen (secondary N) is 1. The Bertz CT molecular complexity index is 642. The summed E-state index contributed by atoms with van der Waals surface area (Å²) in [6.45, 7) is 5.98. The van der Waals surface area contributed by atoms with E-state index < -0.39 is 0 Å². The summed E-state index contributed by atoms with van der Waals surface area (Å²) in [5.41, 5.74) is 2.66. The molecule has 5 heteroatoms. The molecule has 0 radical (unpaired) electrons. The van der Waals surface area contributed by atoms with E-state index in [1.54, 1.807) is 0 Å². The molecule has 0 atom stereocenters. The highest BCUT2D eigenvalue weighted by Gasteiger charge is 2.18. The Balaban J connectivity index is 1.81. The van der Waals surface area contributed by atoms with Gasteiger partial charge >= 0.3 is 0 Å². The normalized spacial score (nSPS) is 14.2. The molecule has 110 valence electrons. The molecule has 1 aliphatic heterocycles. The minimum absolute atomic E-state index is 0.324. The second-order valence-electron chi connectivity index (χ2n) is 5.62. The zero-order valence-corrected chi connectivity index (χ0v) is 13.1. The van der Waals surface area contributed by atoms with Gasteiger partial charge in [-0.1, -0.05) is 17.7 Å². The van der Waals surface area contributed by atoms with Gasteiger partial charge in [0, 0.05) is 30.4 Å². The highest BCUT2D eigenvalue weighted by atomic mass is 35.5. The van der Waals surface area contributed by atoms with Crippen molar-refractivity contribution in [3.63, 3.8) is 0 Å². The van der Waals surface area contributed by atoms with Crippen LogP contribution >= 0.6 is 11.6 Å². The topological polar surface area (TPSA) is 41.1 Å². The van der Waals surface area contributed by atoms with Gasteiger partial charge in [0.1, 0.15) is 5.82 Å². The lowest BCUT2D eigenvalue weighted by Gasteiger charge is -2.30. The number of halogens is 1. The molecule has 3 rings (SSSR count). The molecule has 1 aromatic heterocycles. The quantitative estimate of drug-likeness (QED) is 0.942. The van der Waals surface area contributed by atoms with E-state index in [-0.39, 0.29) is 0 Å². The lowest BCUT2D eigenvalue weighted by atomic mass is 10.00. The average molecular weight is 303 g/mol. The van der Waals surface area contributed by atoms with Crippen LogP contribution in [0, 0.1) is 0 Å². The number of hydrogen-bond acceptors (Lipinski definition) is 4. The molecule has 4 nitrogen and oxygen atoms in total. The largest absolute Gasteiger partial charge is 0.352 e. The third kappa shape index (κ3) is 3.27. The Hall–Kier alpha value is -1.81. The second kappa shape index (κ2) is 5.90. The molecule has 0 unspecified atom stereocenters. The fourth-order valence-electron chi connectivity index (χ4n) is 2.57. The summed E-state index contributed by atoms with van der Waals surface area (Å²) in [6, 6.07) is 8.42. The second-order valence-corrected chi connectivity index (χ2v) is 6.06. The molecule has 0 amide bonds. The van der Waals surface area contributed by atoms with Crippen molar-refractivity contribution in [1.82, 2.24) is 9.97 Å². The molecule has 2 aromatic rings. The first-order valence-corrected chi connectivity index (χ1v) is 7.61. The summed E-state index contributed by atoms with van der Waals surface area (Å²) in [6.07, 6.45) is 2.80. The highest BCUT2D eigenvalue weighted by Crippen LogP contribution is 2.25. The lowest BCUT2D eigenvalue weighted by molar-refractivity contribution is 0.718. The fraction of sp³-hybridized carbons (Fsp3) is 0.375. The first-order chi connectivity index (χ1) is 10.1. The molecule has 1 aromatic carbocycles. The molecule has 21 heavy (non-hydrogen) atoms. The molecule has 0 bridgehead atoms. The molecular formula is C16H19ClN4. The van der Waals surface area contributed by atoms with Crippen LogP contribution in [0.25, 0.3) is 0 Å². The number of fused-ring (bicyclic) bond motifs is 1. The van der Waals surface area contributed by atoms with Gasteiger partial charge < -0.3 is 10.2 Å². The van der Waals surface area contributed by atoms with Crippen LogP contribution in [0.15, 0.2) is 30.5 Å². The Morgan fingerprint density at radius 3 is 2.90 bits per heavy atom. The minimum atomic E-state index is 0.324. The van der Waals surface area contributed by atoms with E-state index in [0.717, 1.165) is 30.4 Å². The summed E-state index contributed by atoms with van der Waals surface area (Å²) in [7, 11) is 0. The van der Waals surface area contributed by atoms with Crippen molar-refractivity contribution in [2.75, 3.05) is 16.8 Å². The van der Waals surface area contributed by atoms with Crippen molar-refractivity contribution in [2.24, 2.45) is 0 Å². The molecule has 1 aliphatic rings. The zero-order valence-electron chi connectivity index (χ0n) is 12.3. The van der Waals surface area contributed by atoms with Crippen molar-refractivity contribution < 1.29 is 0 Å². The number of anilines is 2. The predicted molar refractivity (Wildman–Crippen MR) is 87.0 cm³/mol. The number of aromatic nitrogens is 2. The smallest absolute Gasteiger partial charge is 0.224 e. The monoisotopic (exact) mass is 302 g/mol. The Morgan fingerprint density at radius 2 is 2.10 bits per heavy atom. The van der Waals surface area contributed by atoms with E-state index in [9.17, 15) is 0 Å². The lowest BCUT2D eigenvalue weighted by Crippen LogP contribution is -2.31. The van der Waals surface area contributed by atoms with E-state index >= 15 is 0 Å². The van der Waals surface area contributed by atoms with Crippen LogP contribution in [0.2, 0.25) is 5.02 Å². The van der Waals surface area contributed by atoms with E-state index in [2.05, 4.69) is 46.2 Å². The van der Waals surface area contributed by atoms with Crippen molar-refractivity contribution in [1.29, 1.82) is 0 Å². The van der Waals surface area contributed by atoms with Gasteiger partial charge in [0.15, 0.2) is 0 Å². The van der Waals surface area contributed by atoms with Gasteiger partial charge in [-0.3, -0.25) is 0 Å². The highest BCUT2D eigenvalue weighted by molar-refractivity contribution is 6.30. The van der Waals surface area contributed by atoms with Crippen LogP contribution in [-0.4, -0.2) is 22.6 Å². The van der Waals surface area contributed by atoms with Crippen molar-refractivity contribution in [3.8, 4) is 0 Å². The summed E-state index contributed by atoms with van der Waals surface area (Å²) in [5.74, 6) is 1.65. The first kappa shape index (κ1) is 14.1. The van der Waals surface area contributed by atoms with Gasteiger partial charge in [-0.25, -0.2) is 4.98 Å². The summed E-state index contributed by atoms with van der Waals surface area (Å²) >= 11 is 6.06.